The van der Waals surface area contributed by atoms with Crippen molar-refractivity contribution < 1.29 is 8.83 Å². The molecule has 8 nitrogen and oxygen atoms in total. The number of hydrogen-bond acceptors (Lipinski definition) is 4. The first-order chi connectivity index (χ1) is 23.7. The zero-order valence-corrected chi connectivity index (χ0v) is 25.7. The number of fused-ring (bicyclic) bond motifs is 17. The summed E-state index contributed by atoms with van der Waals surface area (Å²) < 4.78 is 21.7. The van der Waals surface area contributed by atoms with Gasteiger partial charge in [-0.05, 0) is 66.2 Å². The van der Waals surface area contributed by atoms with Crippen molar-refractivity contribution in [2.45, 2.75) is 6.54 Å². The second kappa shape index (κ2) is 8.43. The fourth-order valence-corrected chi connectivity index (χ4v) is 8.09. The van der Waals surface area contributed by atoms with E-state index in [1.54, 1.807) is 0 Å². The SMILES string of the molecule is Cn1c2ccccc2n2c3cc4c(cc3nc12)oc1ccc(Cn2c3ccccc3n3c5c(ccc6oc7ccccc7c65)nc23)cc14. The lowest BCUT2D eigenvalue weighted by Crippen LogP contribution is -2.00. The van der Waals surface area contributed by atoms with E-state index in [0.29, 0.717) is 6.54 Å². The van der Waals surface area contributed by atoms with Crippen molar-refractivity contribution in [1.82, 2.24) is 27.9 Å². The van der Waals surface area contributed by atoms with Crippen LogP contribution in [-0.2, 0) is 13.6 Å². The third kappa shape index (κ3) is 2.96. The summed E-state index contributed by atoms with van der Waals surface area (Å²) in [5.41, 5.74) is 13.2. The molecule has 0 aliphatic heterocycles. The lowest BCUT2D eigenvalue weighted by Gasteiger charge is -2.06. The Morgan fingerprint density at radius 3 is 2.10 bits per heavy atom. The smallest absolute Gasteiger partial charge is 0.216 e. The molecule has 0 radical (unpaired) electrons. The average molecular weight is 621 g/mol. The maximum Gasteiger partial charge on any atom is 0.216 e. The molecule has 12 rings (SSSR count). The van der Waals surface area contributed by atoms with Gasteiger partial charge >= 0.3 is 0 Å². The summed E-state index contributed by atoms with van der Waals surface area (Å²) in [7, 11) is 2.07. The quantitative estimate of drug-likeness (QED) is 0.193. The molecule has 226 valence electrons. The van der Waals surface area contributed by atoms with Gasteiger partial charge in [-0.2, -0.15) is 0 Å². The second-order valence-corrected chi connectivity index (χ2v) is 12.8. The van der Waals surface area contributed by atoms with Gasteiger partial charge in [-0.15, -0.1) is 0 Å². The Morgan fingerprint density at radius 2 is 1.21 bits per heavy atom. The number of benzene rings is 6. The molecule has 0 fully saturated rings. The molecule has 0 atom stereocenters. The van der Waals surface area contributed by atoms with E-state index >= 15 is 0 Å². The highest BCUT2D eigenvalue weighted by Gasteiger charge is 2.21. The number of aryl methyl sites for hydroxylation is 1. The number of hydrogen-bond donors (Lipinski definition) is 0. The summed E-state index contributed by atoms with van der Waals surface area (Å²) in [6.07, 6.45) is 0. The van der Waals surface area contributed by atoms with E-state index in [9.17, 15) is 0 Å². The molecular formula is C40H24N6O2. The van der Waals surface area contributed by atoms with Crippen LogP contribution < -0.4 is 0 Å². The van der Waals surface area contributed by atoms with Crippen molar-refractivity contribution in [3.63, 3.8) is 0 Å². The first-order valence-electron chi connectivity index (χ1n) is 16.1. The van der Waals surface area contributed by atoms with Crippen LogP contribution in [0, 0.1) is 0 Å². The summed E-state index contributed by atoms with van der Waals surface area (Å²) in [5.74, 6) is 1.82. The fourth-order valence-electron chi connectivity index (χ4n) is 8.09. The van der Waals surface area contributed by atoms with Crippen LogP contribution in [0.4, 0.5) is 0 Å². The van der Waals surface area contributed by atoms with Crippen LogP contribution in [0.3, 0.4) is 0 Å². The van der Waals surface area contributed by atoms with Gasteiger partial charge in [0.1, 0.15) is 22.3 Å². The van der Waals surface area contributed by atoms with Crippen LogP contribution in [0.5, 0.6) is 0 Å². The maximum absolute atomic E-state index is 6.40. The van der Waals surface area contributed by atoms with E-state index in [4.69, 9.17) is 18.8 Å². The second-order valence-electron chi connectivity index (χ2n) is 12.8. The van der Waals surface area contributed by atoms with E-state index in [2.05, 4.69) is 122 Å². The molecule has 0 aliphatic carbocycles. The Bertz CT molecular complexity index is 3340. The summed E-state index contributed by atoms with van der Waals surface area (Å²) in [4.78, 5) is 10.2. The molecule has 0 bridgehead atoms. The number of nitrogens with zero attached hydrogens (tertiary/aromatic N) is 6. The number of rotatable bonds is 2. The fraction of sp³-hybridized carbons (Fsp3) is 0.0500. The standard InChI is InChI=1S/C40H24N6O2/c1-43-28-9-3-5-11-30(28)45-32-19-25-24-18-22(14-16-34(24)48-36(25)20-27(32)42-39(43)45)21-44-29-10-4-6-12-31(29)46-38-26(41-40(44)46)15-17-35-37(38)23-8-2-7-13-33(23)47-35/h2-20H,21H2,1H3. The molecule has 0 amide bonds. The van der Waals surface area contributed by atoms with Gasteiger partial charge in [0.15, 0.2) is 0 Å². The van der Waals surface area contributed by atoms with Gasteiger partial charge in [-0.25, -0.2) is 9.97 Å². The van der Waals surface area contributed by atoms with Crippen LogP contribution in [0.2, 0.25) is 0 Å². The van der Waals surface area contributed by atoms with Crippen LogP contribution in [0.1, 0.15) is 5.56 Å². The van der Waals surface area contributed by atoms with Crippen molar-refractivity contribution in [3.8, 4) is 0 Å². The number of para-hydroxylation sites is 5. The Labute approximate surface area is 270 Å². The minimum absolute atomic E-state index is 0.653. The van der Waals surface area contributed by atoms with Crippen LogP contribution in [-0.4, -0.2) is 27.9 Å². The van der Waals surface area contributed by atoms with Crippen molar-refractivity contribution >= 4 is 99.6 Å². The van der Waals surface area contributed by atoms with Crippen LogP contribution in [0.15, 0.2) is 124 Å². The Morgan fingerprint density at radius 1 is 0.521 bits per heavy atom. The number of furan rings is 2. The van der Waals surface area contributed by atoms with E-state index < -0.39 is 0 Å². The lowest BCUT2D eigenvalue weighted by molar-refractivity contribution is 0.668. The molecule has 8 heteroatoms. The highest BCUT2D eigenvalue weighted by molar-refractivity contribution is 6.18. The van der Waals surface area contributed by atoms with Crippen LogP contribution in [0.25, 0.3) is 99.6 Å². The third-order valence-electron chi connectivity index (χ3n) is 10.2. The van der Waals surface area contributed by atoms with Gasteiger partial charge < -0.3 is 18.0 Å². The molecule has 6 heterocycles. The van der Waals surface area contributed by atoms with E-state index in [1.165, 1.54) is 5.56 Å². The maximum atomic E-state index is 6.40. The summed E-state index contributed by atoms with van der Waals surface area (Å²) in [5, 5.41) is 4.36. The highest BCUT2D eigenvalue weighted by atomic mass is 16.3. The van der Waals surface area contributed by atoms with Gasteiger partial charge in [0.2, 0.25) is 11.6 Å². The molecule has 48 heavy (non-hydrogen) atoms. The molecule has 0 saturated carbocycles. The van der Waals surface area contributed by atoms with Crippen molar-refractivity contribution in [3.05, 3.63) is 121 Å². The molecule has 12 aromatic rings. The van der Waals surface area contributed by atoms with Gasteiger partial charge in [-0.3, -0.25) is 8.80 Å². The first kappa shape index (κ1) is 24.7. The average Bonchev–Trinajstić information content (AvgIpc) is 3.94. The molecule has 0 N–H and O–H groups in total. The Balaban J connectivity index is 1.09. The zero-order valence-electron chi connectivity index (χ0n) is 25.7. The molecular weight excluding hydrogens is 596 g/mol. The molecule has 6 aromatic heterocycles. The predicted molar refractivity (Wildman–Crippen MR) is 191 cm³/mol. The summed E-state index contributed by atoms with van der Waals surface area (Å²) >= 11 is 0. The van der Waals surface area contributed by atoms with E-state index in [0.717, 1.165) is 99.6 Å². The Hall–Kier alpha value is -6.54. The van der Waals surface area contributed by atoms with E-state index in [-0.39, 0.29) is 0 Å². The highest BCUT2D eigenvalue weighted by Crippen LogP contribution is 2.38. The minimum atomic E-state index is 0.653. The molecule has 6 aromatic carbocycles. The van der Waals surface area contributed by atoms with Gasteiger partial charge in [0.25, 0.3) is 0 Å². The van der Waals surface area contributed by atoms with Crippen molar-refractivity contribution in [2.24, 2.45) is 7.05 Å². The predicted octanol–water partition coefficient (Wildman–Crippen LogP) is 9.58. The number of imidazole rings is 4. The Kier molecular flexibility index (Phi) is 4.33. The summed E-state index contributed by atoms with van der Waals surface area (Å²) in [6.45, 7) is 0.653. The summed E-state index contributed by atoms with van der Waals surface area (Å²) in [6, 6.07) is 40.2. The van der Waals surface area contributed by atoms with Crippen molar-refractivity contribution in [2.75, 3.05) is 0 Å². The normalized spacial score (nSPS) is 12.8. The van der Waals surface area contributed by atoms with Gasteiger partial charge in [0, 0.05) is 29.3 Å². The number of aromatic nitrogens is 6. The minimum Gasteiger partial charge on any atom is -0.456 e. The van der Waals surface area contributed by atoms with Gasteiger partial charge in [0.05, 0.1) is 56.1 Å². The topological polar surface area (TPSA) is 70.7 Å². The molecule has 0 saturated heterocycles. The van der Waals surface area contributed by atoms with E-state index in [1.807, 2.05) is 18.2 Å². The first-order valence-corrected chi connectivity index (χ1v) is 16.1. The lowest BCUT2D eigenvalue weighted by atomic mass is 10.1. The molecule has 0 spiro atoms. The van der Waals surface area contributed by atoms with Gasteiger partial charge in [-0.1, -0.05) is 48.5 Å². The molecule has 0 aliphatic rings. The molecule has 0 unspecified atom stereocenters. The zero-order chi connectivity index (χ0) is 31.2. The van der Waals surface area contributed by atoms with Crippen molar-refractivity contribution in [1.29, 1.82) is 0 Å². The largest absolute Gasteiger partial charge is 0.456 e. The third-order valence-corrected chi connectivity index (χ3v) is 10.2. The monoisotopic (exact) mass is 620 g/mol. The van der Waals surface area contributed by atoms with Crippen LogP contribution >= 0.6 is 0 Å².